The first kappa shape index (κ1) is 22.0. The van der Waals surface area contributed by atoms with Crippen LogP contribution >= 0.6 is 31.9 Å². The molecule has 0 radical (unpaired) electrons. The highest BCUT2D eigenvalue weighted by atomic mass is 79.9. The van der Waals surface area contributed by atoms with Crippen molar-refractivity contribution in [3.05, 3.63) is 63.1 Å². The maximum Gasteiger partial charge on any atom is 0.330 e. The van der Waals surface area contributed by atoms with Crippen LogP contribution in [0.3, 0.4) is 0 Å². The highest BCUT2D eigenvalue weighted by Crippen LogP contribution is 2.11. The molecule has 0 N–H and O–H groups in total. The van der Waals surface area contributed by atoms with E-state index in [4.69, 9.17) is 0 Å². The van der Waals surface area contributed by atoms with Crippen LogP contribution in [0, 0.1) is 0 Å². The average Bonchev–Trinajstić information content (AvgIpc) is 2.64. The van der Waals surface area contributed by atoms with Crippen LogP contribution in [0.25, 0.3) is 6.08 Å². The molecule has 2 aromatic heterocycles. The molecule has 0 aliphatic heterocycles. The molecule has 2 heterocycles. The molecular weight excluding hydrogens is 468 g/mol. The highest BCUT2D eigenvalue weighted by molar-refractivity contribution is 9.10. The monoisotopic (exact) mass is 484 g/mol. The van der Waals surface area contributed by atoms with E-state index in [1.807, 2.05) is 12.1 Å². The molecule has 0 fully saturated rings. The summed E-state index contributed by atoms with van der Waals surface area (Å²) in [5.41, 5.74) is 1.87. The van der Waals surface area contributed by atoms with Gasteiger partial charge in [-0.05, 0) is 67.6 Å². The van der Waals surface area contributed by atoms with E-state index in [-0.39, 0.29) is 11.9 Å². The Morgan fingerprint density at radius 3 is 2.23 bits per heavy atom. The molecule has 2 rings (SSSR count). The Hall–Kier alpha value is -2.06. The fourth-order valence-corrected chi connectivity index (χ4v) is 2.49. The van der Waals surface area contributed by atoms with Crippen molar-refractivity contribution in [3.63, 3.8) is 0 Å². The second-order valence-corrected chi connectivity index (χ2v) is 6.71. The molecule has 0 unspecified atom stereocenters. The first-order valence-corrected chi connectivity index (χ1v) is 9.06. The van der Waals surface area contributed by atoms with Gasteiger partial charge in [-0.25, -0.2) is 4.79 Å². The number of pyridine rings is 2. The van der Waals surface area contributed by atoms with Crippen molar-refractivity contribution in [2.24, 2.45) is 0 Å². The second-order valence-electron chi connectivity index (χ2n) is 4.88. The van der Waals surface area contributed by atoms with Crippen molar-refractivity contribution < 1.29 is 19.1 Å². The molecule has 2 aromatic rings. The fraction of sp³-hybridized carbons (Fsp3) is 0.222. The number of halogens is 2. The van der Waals surface area contributed by atoms with E-state index >= 15 is 0 Å². The summed E-state index contributed by atoms with van der Waals surface area (Å²) in [4.78, 5) is 29.5. The third-order valence-corrected chi connectivity index (χ3v) is 3.81. The van der Waals surface area contributed by atoms with Gasteiger partial charge in [0.2, 0.25) is 0 Å². The summed E-state index contributed by atoms with van der Waals surface area (Å²) in [6.45, 7) is 0. The Bertz CT molecular complexity index is 766. The lowest BCUT2D eigenvalue weighted by Crippen LogP contribution is -2.01. The lowest BCUT2D eigenvalue weighted by Gasteiger charge is -1.99. The van der Waals surface area contributed by atoms with Crippen LogP contribution in [-0.4, -0.2) is 36.1 Å². The zero-order valence-corrected chi connectivity index (χ0v) is 17.5. The molecule has 0 aliphatic carbocycles. The smallest absolute Gasteiger partial charge is 0.330 e. The number of nitrogens with zero attached hydrogens (tertiary/aromatic N) is 2. The minimum Gasteiger partial charge on any atom is -0.469 e. The number of carbonyl (C=O) groups excluding carboxylic acids is 2. The molecule has 0 saturated heterocycles. The quantitative estimate of drug-likeness (QED) is 0.470. The lowest BCUT2D eigenvalue weighted by atomic mass is 10.2. The summed E-state index contributed by atoms with van der Waals surface area (Å²) < 4.78 is 10.8. The number of hydrogen-bond acceptors (Lipinski definition) is 6. The molecular formula is C18H18Br2N2O4. The van der Waals surface area contributed by atoms with Crippen molar-refractivity contribution in [2.75, 3.05) is 14.2 Å². The highest BCUT2D eigenvalue weighted by Gasteiger charge is 2.01. The Balaban J connectivity index is 0.000000260. The normalized spacial score (nSPS) is 10.0. The van der Waals surface area contributed by atoms with E-state index in [0.29, 0.717) is 12.8 Å². The Morgan fingerprint density at radius 1 is 1.00 bits per heavy atom. The predicted molar refractivity (Wildman–Crippen MR) is 105 cm³/mol. The topological polar surface area (TPSA) is 78.4 Å². The number of esters is 2. The van der Waals surface area contributed by atoms with Crippen molar-refractivity contribution in [2.45, 2.75) is 12.8 Å². The SMILES string of the molecule is COC(=O)/C=C/c1cncc(Br)c1.COC(=O)CCc1cncc(Br)c1. The number of rotatable bonds is 5. The van der Waals surface area contributed by atoms with Crippen molar-refractivity contribution in [1.29, 1.82) is 0 Å². The van der Waals surface area contributed by atoms with E-state index in [1.165, 1.54) is 20.3 Å². The van der Waals surface area contributed by atoms with Crippen LogP contribution in [0.2, 0.25) is 0 Å². The third kappa shape index (κ3) is 9.43. The maximum atomic E-state index is 10.8. The van der Waals surface area contributed by atoms with E-state index in [0.717, 1.165) is 20.1 Å². The molecule has 0 aliphatic rings. The molecule has 0 saturated carbocycles. The van der Waals surface area contributed by atoms with Crippen LogP contribution in [0.4, 0.5) is 0 Å². The molecule has 0 amide bonds. The predicted octanol–water partition coefficient (Wildman–Crippen LogP) is 3.98. The minimum atomic E-state index is -0.375. The summed E-state index contributed by atoms with van der Waals surface area (Å²) in [6.07, 6.45) is 10.8. The summed E-state index contributed by atoms with van der Waals surface area (Å²) in [5.74, 6) is -0.569. The molecule has 26 heavy (non-hydrogen) atoms. The Kier molecular flexibility index (Phi) is 10.4. The van der Waals surface area contributed by atoms with Gasteiger partial charge in [0, 0.05) is 46.2 Å². The van der Waals surface area contributed by atoms with Gasteiger partial charge in [-0.1, -0.05) is 0 Å². The molecule has 0 atom stereocenters. The zero-order valence-electron chi connectivity index (χ0n) is 14.3. The van der Waals surface area contributed by atoms with Crippen LogP contribution in [0.15, 0.2) is 51.9 Å². The molecule has 0 bridgehead atoms. The number of aromatic nitrogens is 2. The van der Waals surface area contributed by atoms with Crippen LogP contribution in [0.1, 0.15) is 17.5 Å². The number of aryl methyl sites for hydroxylation is 1. The van der Waals surface area contributed by atoms with Gasteiger partial charge in [0.05, 0.1) is 14.2 Å². The summed E-state index contributed by atoms with van der Waals surface area (Å²) in [7, 11) is 2.73. The molecule has 8 heteroatoms. The number of methoxy groups -OCH3 is 2. The lowest BCUT2D eigenvalue weighted by molar-refractivity contribution is -0.140. The molecule has 6 nitrogen and oxygen atoms in total. The van der Waals surface area contributed by atoms with Crippen LogP contribution < -0.4 is 0 Å². The van der Waals surface area contributed by atoms with E-state index < -0.39 is 0 Å². The van der Waals surface area contributed by atoms with E-state index in [2.05, 4.69) is 51.3 Å². The molecule has 0 aromatic carbocycles. The first-order chi connectivity index (χ1) is 12.4. The van der Waals surface area contributed by atoms with Gasteiger partial charge in [-0.15, -0.1) is 0 Å². The van der Waals surface area contributed by atoms with Gasteiger partial charge < -0.3 is 9.47 Å². The van der Waals surface area contributed by atoms with Crippen molar-refractivity contribution in [3.8, 4) is 0 Å². The molecule has 0 spiro atoms. The average molecular weight is 486 g/mol. The zero-order chi connectivity index (χ0) is 19.4. The summed E-state index contributed by atoms with van der Waals surface area (Å²) >= 11 is 6.58. The van der Waals surface area contributed by atoms with E-state index in [1.54, 1.807) is 30.9 Å². The van der Waals surface area contributed by atoms with Gasteiger partial charge in [0.15, 0.2) is 0 Å². The first-order valence-electron chi connectivity index (χ1n) is 7.47. The second kappa shape index (κ2) is 12.3. The third-order valence-electron chi connectivity index (χ3n) is 2.95. The van der Waals surface area contributed by atoms with Crippen LogP contribution in [0.5, 0.6) is 0 Å². The van der Waals surface area contributed by atoms with Crippen molar-refractivity contribution >= 4 is 49.9 Å². The van der Waals surface area contributed by atoms with Gasteiger partial charge in [0.1, 0.15) is 0 Å². The summed E-state index contributed by atoms with van der Waals surface area (Å²) in [5, 5.41) is 0. The summed E-state index contributed by atoms with van der Waals surface area (Å²) in [6, 6.07) is 3.79. The van der Waals surface area contributed by atoms with Crippen LogP contribution in [-0.2, 0) is 25.5 Å². The van der Waals surface area contributed by atoms with Gasteiger partial charge in [-0.3, -0.25) is 14.8 Å². The number of hydrogen-bond donors (Lipinski definition) is 0. The van der Waals surface area contributed by atoms with Gasteiger partial charge in [0.25, 0.3) is 0 Å². The largest absolute Gasteiger partial charge is 0.469 e. The standard InChI is InChI=1S/C9H10BrNO2.C9H8BrNO2/c2*1-13-9(12)3-2-7-4-8(10)6-11-5-7/h4-6H,2-3H2,1H3;2-6H,1H3/b;3-2+. The van der Waals surface area contributed by atoms with Gasteiger partial charge >= 0.3 is 11.9 Å². The number of ether oxygens (including phenoxy) is 2. The maximum absolute atomic E-state index is 10.8. The molecule has 138 valence electrons. The van der Waals surface area contributed by atoms with E-state index in [9.17, 15) is 9.59 Å². The Labute approximate surface area is 168 Å². The fourth-order valence-electron chi connectivity index (χ4n) is 1.69. The Morgan fingerprint density at radius 2 is 1.65 bits per heavy atom. The number of carbonyl (C=O) groups is 2. The minimum absolute atomic E-state index is 0.194. The van der Waals surface area contributed by atoms with Gasteiger partial charge in [-0.2, -0.15) is 0 Å². The van der Waals surface area contributed by atoms with Crippen molar-refractivity contribution in [1.82, 2.24) is 9.97 Å².